The Morgan fingerprint density at radius 3 is 1.94 bits per heavy atom. The molecule has 3 rings (SSSR count). The van der Waals surface area contributed by atoms with Crippen LogP contribution in [0.1, 0.15) is 91.1 Å². The van der Waals surface area contributed by atoms with E-state index in [0.717, 1.165) is 28.1 Å². The van der Waals surface area contributed by atoms with Gasteiger partial charge in [-0.3, -0.25) is 18.7 Å². The maximum Gasteiger partial charge on any atom is 0.231 e. The summed E-state index contributed by atoms with van der Waals surface area (Å²) in [5.41, 5.74) is 2.88. The first-order chi connectivity index (χ1) is 22.7. The quantitative estimate of drug-likeness (QED) is 0.130. The number of Topliss-reactive ketones (excluding diaryl/α,β-unsaturated/α-hetero) is 3. The molecule has 0 radical (unpaired) electrons. The number of ketones is 3. The number of methoxy groups -OCH3 is 1. The van der Waals surface area contributed by atoms with Crippen LogP contribution in [0.2, 0.25) is 0 Å². The summed E-state index contributed by atoms with van der Waals surface area (Å²) in [6.07, 6.45) is 2.85. The molecule has 0 spiro atoms. The first-order valence-electron chi connectivity index (χ1n) is 16.7. The minimum absolute atomic E-state index is 0.0684. The van der Waals surface area contributed by atoms with Gasteiger partial charge >= 0.3 is 0 Å². The number of benzene rings is 3. The van der Waals surface area contributed by atoms with Gasteiger partial charge in [-0.25, -0.2) is 8.42 Å². The molecule has 0 amide bonds. The summed E-state index contributed by atoms with van der Waals surface area (Å²) in [4.78, 5) is 40.8. The summed E-state index contributed by atoms with van der Waals surface area (Å²) in [5, 5.41) is 3.42. The molecular formula is C39H52N2O6S. The van der Waals surface area contributed by atoms with Gasteiger partial charge < -0.3 is 10.1 Å². The van der Waals surface area contributed by atoms with Crippen molar-refractivity contribution in [2.24, 2.45) is 11.8 Å². The lowest BCUT2D eigenvalue weighted by molar-refractivity contribution is -0.124. The first-order valence-corrected chi connectivity index (χ1v) is 18.6. The fraction of sp³-hybridized carbons (Fsp3) is 0.462. The van der Waals surface area contributed by atoms with Crippen molar-refractivity contribution in [3.05, 3.63) is 101 Å². The zero-order valence-electron chi connectivity index (χ0n) is 29.4. The number of rotatable bonds is 20. The Morgan fingerprint density at radius 2 is 1.40 bits per heavy atom. The summed E-state index contributed by atoms with van der Waals surface area (Å²) in [6, 6.07) is 23.7. The summed E-state index contributed by atoms with van der Waals surface area (Å²) < 4.78 is 31.7. The highest BCUT2D eigenvalue weighted by molar-refractivity contribution is 7.92. The van der Waals surface area contributed by atoms with Crippen LogP contribution in [0.25, 0.3) is 0 Å². The highest BCUT2D eigenvalue weighted by atomic mass is 32.2. The largest absolute Gasteiger partial charge is 0.380 e. The van der Waals surface area contributed by atoms with Gasteiger partial charge in [-0.1, -0.05) is 81.4 Å². The van der Waals surface area contributed by atoms with Gasteiger partial charge in [-0.05, 0) is 73.4 Å². The molecule has 48 heavy (non-hydrogen) atoms. The summed E-state index contributed by atoms with van der Waals surface area (Å²) in [7, 11) is -0.666. The Balaban J connectivity index is 1.92. The van der Waals surface area contributed by atoms with Crippen LogP contribution in [0.4, 0.5) is 5.69 Å². The number of hydrogen-bond acceptors (Lipinski definition) is 7. The highest BCUT2D eigenvalue weighted by Gasteiger charge is 2.27. The summed E-state index contributed by atoms with van der Waals surface area (Å²) in [6.45, 7) is 8.39. The SMILES string of the molecule is CO[C@@H](C)[C@H](NC[C@@H](CC(=O)c1cc(C(=O)C[C@H](C)c2ccccc2)cc(N(C)S(C)(=O)=O)c1)Cc1ccccc1)C(=O)CCC(C)C. The molecule has 3 aromatic rings. The zero-order valence-corrected chi connectivity index (χ0v) is 30.3. The van der Waals surface area contributed by atoms with E-state index in [9.17, 15) is 22.8 Å². The van der Waals surface area contributed by atoms with Crippen LogP contribution in [0, 0.1) is 11.8 Å². The van der Waals surface area contributed by atoms with Crippen molar-refractivity contribution >= 4 is 33.1 Å². The number of hydrogen-bond donors (Lipinski definition) is 1. The molecule has 260 valence electrons. The van der Waals surface area contributed by atoms with Gasteiger partial charge in [-0.15, -0.1) is 0 Å². The Labute approximate surface area is 287 Å². The molecular weight excluding hydrogens is 625 g/mol. The highest BCUT2D eigenvalue weighted by Crippen LogP contribution is 2.27. The standard InChI is InChI=1S/C39H52N2O6S/c1-27(2)18-19-36(42)39(29(4)47-6)40-26-31(21-30-14-10-8-11-15-30)22-38(44)34-23-33(24-35(25-34)41(5)48(7,45)46)37(43)20-28(3)32-16-12-9-13-17-32/h8-17,23-25,27-29,31,39-40H,18-22,26H2,1-7H3/t28-,29-,31+,39-/m0/s1. The minimum Gasteiger partial charge on any atom is -0.380 e. The monoisotopic (exact) mass is 676 g/mol. The maximum atomic E-state index is 14.0. The van der Waals surface area contributed by atoms with E-state index in [1.807, 2.05) is 74.5 Å². The Hall–Kier alpha value is -3.66. The van der Waals surface area contributed by atoms with E-state index in [4.69, 9.17) is 4.74 Å². The molecule has 1 N–H and O–H groups in total. The van der Waals surface area contributed by atoms with Crippen LogP contribution >= 0.6 is 0 Å². The van der Waals surface area contributed by atoms with Crippen LogP contribution in [0.15, 0.2) is 78.9 Å². The Kier molecular flexibility index (Phi) is 14.7. The predicted molar refractivity (Wildman–Crippen MR) is 193 cm³/mol. The molecule has 0 saturated carbocycles. The van der Waals surface area contributed by atoms with Crippen molar-refractivity contribution in [3.8, 4) is 0 Å². The molecule has 9 heteroatoms. The van der Waals surface area contributed by atoms with Crippen LogP contribution in [-0.2, 0) is 26.0 Å². The molecule has 0 aliphatic heterocycles. The van der Waals surface area contributed by atoms with Gasteiger partial charge in [-0.2, -0.15) is 0 Å². The smallest absolute Gasteiger partial charge is 0.231 e. The van der Waals surface area contributed by atoms with Gasteiger partial charge in [0, 0.05) is 44.5 Å². The van der Waals surface area contributed by atoms with Gasteiger partial charge in [0.1, 0.15) is 0 Å². The van der Waals surface area contributed by atoms with E-state index in [2.05, 4.69) is 19.2 Å². The lowest BCUT2D eigenvalue weighted by atomic mass is 9.89. The van der Waals surface area contributed by atoms with Crippen molar-refractivity contribution in [1.29, 1.82) is 0 Å². The van der Waals surface area contributed by atoms with E-state index >= 15 is 0 Å². The zero-order chi connectivity index (χ0) is 35.4. The lowest BCUT2D eigenvalue weighted by Gasteiger charge is -2.26. The van der Waals surface area contributed by atoms with Crippen molar-refractivity contribution in [1.82, 2.24) is 5.32 Å². The summed E-state index contributed by atoms with van der Waals surface area (Å²) in [5.74, 6) is -0.185. The summed E-state index contributed by atoms with van der Waals surface area (Å²) >= 11 is 0. The average molecular weight is 677 g/mol. The second kappa shape index (κ2) is 18.2. The molecule has 8 nitrogen and oxygen atoms in total. The molecule has 0 aliphatic rings. The van der Waals surface area contributed by atoms with E-state index in [0.29, 0.717) is 25.3 Å². The maximum absolute atomic E-state index is 14.0. The second-order valence-electron chi connectivity index (χ2n) is 13.3. The van der Waals surface area contributed by atoms with E-state index in [-0.39, 0.29) is 64.9 Å². The lowest BCUT2D eigenvalue weighted by Crippen LogP contribution is -2.47. The normalized spacial score (nSPS) is 14.2. The van der Waals surface area contributed by atoms with Crippen LogP contribution in [0.5, 0.6) is 0 Å². The van der Waals surface area contributed by atoms with Crippen molar-refractivity contribution in [2.45, 2.75) is 77.9 Å². The Bertz CT molecular complexity index is 1610. The number of nitrogens with one attached hydrogen (secondary N) is 1. The van der Waals surface area contributed by atoms with Gasteiger partial charge in [0.05, 0.1) is 24.1 Å². The van der Waals surface area contributed by atoms with E-state index in [1.54, 1.807) is 25.3 Å². The van der Waals surface area contributed by atoms with Crippen LogP contribution in [0.3, 0.4) is 0 Å². The van der Waals surface area contributed by atoms with Crippen LogP contribution in [-0.4, -0.2) is 64.9 Å². The molecule has 0 saturated heterocycles. The fourth-order valence-corrected chi connectivity index (χ4v) is 6.19. The molecule has 0 aliphatic carbocycles. The molecule has 0 heterocycles. The predicted octanol–water partition coefficient (Wildman–Crippen LogP) is 6.89. The number of anilines is 1. The number of carbonyl (C=O) groups excluding carboxylic acids is 3. The van der Waals surface area contributed by atoms with E-state index < -0.39 is 16.1 Å². The van der Waals surface area contributed by atoms with Gasteiger partial charge in [0.15, 0.2) is 17.3 Å². The molecule has 0 aromatic heterocycles. The van der Waals surface area contributed by atoms with E-state index in [1.165, 1.54) is 7.05 Å². The second-order valence-corrected chi connectivity index (χ2v) is 15.4. The minimum atomic E-state index is -3.66. The topological polar surface area (TPSA) is 110 Å². The number of nitrogens with zero attached hydrogens (tertiary/aromatic N) is 1. The molecule has 0 bridgehead atoms. The van der Waals surface area contributed by atoms with Gasteiger partial charge in [0.25, 0.3) is 0 Å². The van der Waals surface area contributed by atoms with Gasteiger partial charge in [0.2, 0.25) is 10.0 Å². The molecule has 0 unspecified atom stereocenters. The third kappa shape index (κ3) is 11.8. The van der Waals surface area contributed by atoms with Crippen LogP contribution < -0.4 is 9.62 Å². The van der Waals surface area contributed by atoms with Crippen molar-refractivity contribution < 1.29 is 27.5 Å². The van der Waals surface area contributed by atoms with Crippen molar-refractivity contribution in [2.75, 3.05) is 31.3 Å². The molecule has 4 atom stereocenters. The molecule has 3 aromatic carbocycles. The average Bonchev–Trinajstić information content (AvgIpc) is 3.06. The first kappa shape index (κ1) is 38.8. The fourth-order valence-electron chi connectivity index (χ4n) is 5.70. The third-order valence-corrected chi connectivity index (χ3v) is 10.1. The Morgan fingerprint density at radius 1 is 0.833 bits per heavy atom. The van der Waals surface area contributed by atoms with Crippen molar-refractivity contribution in [3.63, 3.8) is 0 Å². The number of carbonyl (C=O) groups is 3. The molecule has 0 fully saturated rings. The third-order valence-electron chi connectivity index (χ3n) is 8.91. The number of sulfonamides is 1. The number of ether oxygens (including phenoxy) is 1.